The van der Waals surface area contributed by atoms with Gasteiger partial charge >= 0.3 is 12.1 Å². The molecule has 152 valence electrons. The van der Waals surface area contributed by atoms with Crippen molar-refractivity contribution >= 4 is 23.7 Å². The average molecular weight is 422 g/mol. The maximum atomic E-state index is 12.8. The van der Waals surface area contributed by atoms with Crippen molar-refractivity contribution in [3.05, 3.63) is 94.5 Å². The van der Waals surface area contributed by atoms with E-state index in [1.165, 1.54) is 4.90 Å². The largest absolute Gasteiger partial charge is 0.480 e. The van der Waals surface area contributed by atoms with Crippen molar-refractivity contribution in [2.75, 3.05) is 13.2 Å². The Balaban J connectivity index is 1.51. The van der Waals surface area contributed by atoms with Crippen LogP contribution < -0.4 is 0 Å². The van der Waals surface area contributed by atoms with Crippen LogP contribution in [0.25, 0.3) is 11.1 Å². The molecule has 1 aliphatic carbocycles. The maximum Gasteiger partial charge on any atom is 0.410 e. The molecule has 0 spiro atoms. The number of nitrogens with zero attached hydrogens (tertiary/aromatic N) is 1. The molecule has 0 aliphatic heterocycles. The predicted octanol–water partition coefficient (Wildman–Crippen LogP) is 5.18. The SMILES string of the molecule is O=C(O)CN(Cc1cccc(Cl)c1)C(=O)OCC1c2ccccc2-c2ccccc21. The molecule has 0 aromatic heterocycles. The minimum atomic E-state index is -1.11. The first kappa shape index (κ1) is 20.0. The number of rotatable bonds is 6. The Bertz CT molecular complexity index is 1050. The second-order valence-electron chi connectivity index (χ2n) is 7.18. The van der Waals surface area contributed by atoms with Crippen LogP contribution in [0.3, 0.4) is 0 Å². The van der Waals surface area contributed by atoms with Crippen molar-refractivity contribution in [3.63, 3.8) is 0 Å². The van der Waals surface area contributed by atoms with Gasteiger partial charge in [0.2, 0.25) is 0 Å². The standard InChI is InChI=1S/C24H20ClNO4/c25-17-7-5-6-16(12-17)13-26(14-23(27)28)24(29)30-15-22-20-10-3-1-8-18(20)19-9-2-4-11-21(19)22/h1-12,22H,13-15H2,(H,27,28). The molecule has 0 bridgehead atoms. The summed E-state index contributed by atoms with van der Waals surface area (Å²) in [7, 11) is 0. The Labute approximate surface area is 179 Å². The van der Waals surface area contributed by atoms with Gasteiger partial charge in [-0.2, -0.15) is 0 Å². The Morgan fingerprint density at radius 2 is 1.57 bits per heavy atom. The van der Waals surface area contributed by atoms with Crippen LogP contribution in [0.4, 0.5) is 4.79 Å². The zero-order valence-electron chi connectivity index (χ0n) is 16.1. The molecule has 5 nitrogen and oxygen atoms in total. The summed E-state index contributed by atoms with van der Waals surface area (Å²) in [5.74, 6) is -1.19. The molecule has 3 aromatic carbocycles. The fraction of sp³-hybridized carbons (Fsp3) is 0.167. The van der Waals surface area contributed by atoms with Crippen LogP contribution >= 0.6 is 11.6 Å². The highest BCUT2D eigenvalue weighted by molar-refractivity contribution is 6.30. The van der Waals surface area contributed by atoms with Gasteiger partial charge < -0.3 is 9.84 Å². The Morgan fingerprint density at radius 1 is 0.933 bits per heavy atom. The summed E-state index contributed by atoms with van der Waals surface area (Å²) in [4.78, 5) is 25.2. The minimum absolute atomic E-state index is 0.0841. The lowest BCUT2D eigenvalue weighted by Crippen LogP contribution is -2.36. The fourth-order valence-electron chi connectivity index (χ4n) is 3.89. The van der Waals surface area contributed by atoms with E-state index in [1.807, 2.05) is 36.4 Å². The highest BCUT2D eigenvalue weighted by Crippen LogP contribution is 2.44. The van der Waals surface area contributed by atoms with Gasteiger partial charge in [-0.05, 0) is 39.9 Å². The number of amides is 1. The van der Waals surface area contributed by atoms with Crippen LogP contribution in [-0.4, -0.2) is 35.2 Å². The third-order valence-electron chi connectivity index (χ3n) is 5.18. The van der Waals surface area contributed by atoms with E-state index in [9.17, 15) is 14.7 Å². The van der Waals surface area contributed by atoms with E-state index in [0.717, 1.165) is 27.8 Å². The summed E-state index contributed by atoms with van der Waals surface area (Å²) in [5, 5.41) is 9.75. The number of halogens is 1. The molecule has 0 saturated heterocycles. The zero-order chi connectivity index (χ0) is 21.1. The van der Waals surface area contributed by atoms with Crippen LogP contribution in [0.1, 0.15) is 22.6 Å². The normalized spacial score (nSPS) is 12.2. The number of ether oxygens (including phenoxy) is 1. The number of fused-ring (bicyclic) bond motifs is 3. The summed E-state index contributed by atoms with van der Waals surface area (Å²) in [6.07, 6.45) is -0.667. The lowest BCUT2D eigenvalue weighted by atomic mass is 9.98. The smallest absolute Gasteiger partial charge is 0.410 e. The lowest BCUT2D eigenvalue weighted by Gasteiger charge is -2.22. The lowest BCUT2D eigenvalue weighted by molar-refractivity contribution is -0.138. The summed E-state index contributed by atoms with van der Waals surface area (Å²) >= 11 is 6.01. The van der Waals surface area contributed by atoms with Crippen LogP contribution in [-0.2, 0) is 16.1 Å². The Hall–Kier alpha value is -3.31. The molecule has 1 N–H and O–H groups in total. The van der Waals surface area contributed by atoms with Gasteiger partial charge in [0.05, 0.1) is 0 Å². The molecule has 30 heavy (non-hydrogen) atoms. The predicted molar refractivity (Wildman–Crippen MR) is 115 cm³/mol. The molecule has 0 saturated carbocycles. The van der Waals surface area contributed by atoms with E-state index >= 15 is 0 Å². The van der Waals surface area contributed by atoms with Crippen LogP contribution in [0.15, 0.2) is 72.8 Å². The van der Waals surface area contributed by atoms with E-state index in [4.69, 9.17) is 16.3 Å². The van der Waals surface area contributed by atoms with Crippen LogP contribution in [0.2, 0.25) is 5.02 Å². The van der Waals surface area contributed by atoms with E-state index in [-0.39, 0.29) is 19.1 Å². The molecule has 0 radical (unpaired) electrons. The molecule has 6 heteroatoms. The van der Waals surface area contributed by atoms with Gasteiger partial charge in [0, 0.05) is 17.5 Å². The van der Waals surface area contributed by atoms with Gasteiger partial charge in [-0.25, -0.2) is 4.79 Å². The number of hydrogen-bond acceptors (Lipinski definition) is 3. The molecule has 1 amide bonds. The van der Waals surface area contributed by atoms with Gasteiger partial charge in [0.1, 0.15) is 13.2 Å². The number of hydrogen-bond donors (Lipinski definition) is 1. The number of carbonyl (C=O) groups is 2. The topological polar surface area (TPSA) is 66.8 Å². The van der Waals surface area contributed by atoms with Crippen molar-refractivity contribution in [1.29, 1.82) is 0 Å². The molecule has 4 rings (SSSR count). The third-order valence-corrected chi connectivity index (χ3v) is 5.42. The first-order valence-electron chi connectivity index (χ1n) is 9.59. The molecule has 1 aliphatic rings. The molecule has 0 unspecified atom stereocenters. The fourth-order valence-corrected chi connectivity index (χ4v) is 4.10. The highest BCUT2D eigenvalue weighted by atomic mass is 35.5. The summed E-state index contributed by atoms with van der Waals surface area (Å²) in [5.41, 5.74) is 5.21. The average Bonchev–Trinajstić information content (AvgIpc) is 3.05. The van der Waals surface area contributed by atoms with Crippen molar-refractivity contribution in [2.45, 2.75) is 12.5 Å². The number of carbonyl (C=O) groups excluding carboxylic acids is 1. The number of carboxylic acids is 1. The van der Waals surface area contributed by atoms with E-state index < -0.39 is 18.6 Å². The van der Waals surface area contributed by atoms with E-state index in [2.05, 4.69) is 12.1 Å². The summed E-state index contributed by atoms with van der Waals surface area (Å²) in [6.45, 7) is -0.217. The molecule has 0 heterocycles. The highest BCUT2D eigenvalue weighted by Gasteiger charge is 2.30. The van der Waals surface area contributed by atoms with Crippen molar-refractivity contribution < 1.29 is 19.4 Å². The molecule has 0 atom stereocenters. The van der Waals surface area contributed by atoms with Crippen LogP contribution in [0, 0.1) is 0 Å². The minimum Gasteiger partial charge on any atom is -0.480 e. The van der Waals surface area contributed by atoms with Gasteiger partial charge in [-0.3, -0.25) is 9.69 Å². The van der Waals surface area contributed by atoms with Crippen molar-refractivity contribution in [3.8, 4) is 11.1 Å². The van der Waals surface area contributed by atoms with Gasteiger partial charge in [-0.15, -0.1) is 0 Å². The molecule has 0 fully saturated rings. The van der Waals surface area contributed by atoms with Gasteiger partial charge in [0.25, 0.3) is 0 Å². The Kier molecular flexibility index (Phi) is 5.72. The van der Waals surface area contributed by atoms with Crippen LogP contribution in [0.5, 0.6) is 0 Å². The first-order chi connectivity index (χ1) is 14.5. The molecule has 3 aromatic rings. The van der Waals surface area contributed by atoms with Gasteiger partial charge in [-0.1, -0.05) is 72.3 Å². The third kappa shape index (κ3) is 4.16. The van der Waals surface area contributed by atoms with Crippen molar-refractivity contribution in [2.24, 2.45) is 0 Å². The number of aliphatic carboxylic acids is 1. The second-order valence-corrected chi connectivity index (χ2v) is 7.62. The first-order valence-corrected chi connectivity index (χ1v) is 9.97. The number of benzene rings is 3. The second kappa shape index (κ2) is 8.59. The van der Waals surface area contributed by atoms with E-state index in [1.54, 1.807) is 24.3 Å². The van der Waals surface area contributed by atoms with Crippen molar-refractivity contribution in [1.82, 2.24) is 4.90 Å². The van der Waals surface area contributed by atoms with E-state index in [0.29, 0.717) is 5.02 Å². The molecular weight excluding hydrogens is 402 g/mol. The zero-order valence-corrected chi connectivity index (χ0v) is 16.9. The molecular formula is C24H20ClNO4. The summed E-state index contributed by atoms with van der Waals surface area (Å²) in [6, 6.07) is 23.1. The maximum absolute atomic E-state index is 12.8. The quantitative estimate of drug-likeness (QED) is 0.595. The number of carboxylic acid groups (broad SMARTS) is 1. The Morgan fingerprint density at radius 3 is 2.17 bits per heavy atom. The monoisotopic (exact) mass is 421 g/mol. The van der Waals surface area contributed by atoms with Gasteiger partial charge in [0.15, 0.2) is 0 Å². The summed E-state index contributed by atoms with van der Waals surface area (Å²) < 4.78 is 5.60.